The van der Waals surface area contributed by atoms with Crippen molar-refractivity contribution in [3.05, 3.63) is 40.3 Å². The Bertz CT molecular complexity index is 923. The number of benzene rings is 1. The summed E-state index contributed by atoms with van der Waals surface area (Å²) < 4.78 is 6.92. The second-order valence-corrected chi connectivity index (χ2v) is 8.53. The number of carbonyl (C=O) groups excluding carboxylic acids is 1. The molecular formula is C19H21N3O3S2. The van der Waals surface area contributed by atoms with Crippen molar-refractivity contribution in [2.45, 2.75) is 29.3 Å². The Balaban J connectivity index is 1.70. The quantitative estimate of drug-likeness (QED) is 0.565. The van der Waals surface area contributed by atoms with Crippen LogP contribution in [0.25, 0.3) is 5.69 Å². The number of ether oxygens (including phenoxy) is 1. The van der Waals surface area contributed by atoms with Crippen LogP contribution in [0.4, 0.5) is 0 Å². The van der Waals surface area contributed by atoms with Crippen LogP contribution < -0.4 is 10.3 Å². The summed E-state index contributed by atoms with van der Waals surface area (Å²) in [6.07, 6.45) is 2.93. The number of aryl methyl sites for hydroxylation is 1. The molecule has 3 heterocycles. The smallest absolute Gasteiger partial charge is 0.272 e. The summed E-state index contributed by atoms with van der Waals surface area (Å²) in [6.45, 7) is 1.66. The fourth-order valence-electron chi connectivity index (χ4n) is 3.35. The number of hydrogen-bond donors (Lipinski definition) is 0. The first-order valence-corrected chi connectivity index (χ1v) is 11.0. The number of hydrogen-bond acceptors (Lipinski definition) is 6. The van der Waals surface area contributed by atoms with Crippen molar-refractivity contribution >= 4 is 29.4 Å². The third-order valence-corrected chi connectivity index (χ3v) is 6.79. The standard InChI is InChI=1S/C19H21N3O3S2/c1-25-14-6-4-5-13(11-14)22-18(24)17-15(7-10-26-17)20-19(22)27-12-16(23)21-8-2-3-9-21/h4-6,11H,2-3,7-10,12H2,1H3. The predicted molar refractivity (Wildman–Crippen MR) is 107 cm³/mol. The molecule has 6 nitrogen and oxygen atoms in total. The molecule has 1 amide bonds. The lowest BCUT2D eigenvalue weighted by atomic mass is 10.3. The molecule has 0 spiro atoms. The van der Waals surface area contributed by atoms with E-state index in [0.29, 0.717) is 27.2 Å². The van der Waals surface area contributed by atoms with Gasteiger partial charge in [-0.25, -0.2) is 4.98 Å². The predicted octanol–water partition coefficient (Wildman–Crippen LogP) is 2.60. The van der Waals surface area contributed by atoms with Crippen LogP contribution in [0.1, 0.15) is 18.5 Å². The highest BCUT2D eigenvalue weighted by atomic mass is 32.2. The summed E-state index contributed by atoms with van der Waals surface area (Å²) in [6, 6.07) is 7.38. The van der Waals surface area contributed by atoms with E-state index in [1.54, 1.807) is 23.4 Å². The largest absolute Gasteiger partial charge is 0.497 e. The third kappa shape index (κ3) is 3.73. The molecule has 4 rings (SSSR count). The highest BCUT2D eigenvalue weighted by Crippen LogP contribution is 2.30. The number of aromatic nitrogens is 2. The number of carbonyl (C=O) groups is 1. The van der Waals surface area contributed by atoms with E-state index in [1.165, 1.54) is 11.8 Å². The molecule has 0 saturated carbocycles. The molecule has 1 saturated heterocycles. The van der Waals surface area contributed by atoms with Crippen LogP contribution in [0.15, 0.2) is 39.1 Å². The lowest BCUT2D eigenvalue weighted by Crippen LogP contribution is -2.30. The summed E-state index contributed by atoms with van der Waals surface area (Å²) in [7, 11) is 1.60. The molecule has 1 aromatic carbocycles. The zero-order valence-electron chi connectivity index (χ0n) is 15.1. The summed E-state index contributed by atoms with van der Waals surface area (Å²) in [5, 5.41) is 0.571. The van der Waals surface area contributed by atoms with Crippen molar-refractivity contribution in [3.63, 3.8) is 0 Å². The van der Waals surface area contributed by atoms with Crippen molar-refractivity contribution < 1.29 is 9.53 Å². The van der Waals surface area contributed by atoms with Crippen molar-refractivity contribution in [1.82, 2.24) is 14.5 Å². The Morgan fingerprint density at radius 1 is 1.33 bits per heavy atom. The average molecular weight is 404 g/mol. The molecule has 2 aromatic rings. The first-order chi connectivity index (χ1) is 13.2. The summed E-state index contributed by atoms with van der Waals surface area (Å²) in [5.74, 6) is 1.95. The lowest BCUT2D eigenvalue weighted by Gasteiger charge is -2.17. The Morgan fingerprint density at radius 3 is 2.93 bits per heavy atom. The van der Waals surface area contributed by atoms with Crippen molar-refractivity contribution in [1.29, 1.82) is 0 Å². The van der Waals surface area contributed by atoms with E-state index in [4.69, 9.17) is 9.72 Å². The van der Waals surface area contributed by atoms with E-state index in [1.807, 2.05) is 29.2 Å². The van der Waals surface area contributed by atoms with Crippen LogP contribution in [0.3, 0.4) is 0 Å². The molecule has 0 unspecified atom stereocenters. The summed E-state index contributed by atoms with van der Waals surface area (Å²) in [5.41, 5.74) is 1.49. The van der Waals surface area contributed by atoms with Gasteiger partial charge in [-0.1, -0.05) is 17.8 Å². The van der Waals surface area contributed by atoms with Crippen LogP contribution >= 0.6 is 23.5 Å². The van der Waals surface area contributed by atoms with Gasteiger partial charge >= 0.3 is 0 Å². The highest BCUT2D eigenvalue weighted by molar-refractivity contribution is 8.00. The summed E-state index contributed by atoms with van der Waals surface area (Å²) in [4.78, 5) is 32.9. The van der Waals surface area contributed by atoms with Gasteiger partial charge in [-0.05, 0) is 25.0 Å². The molecule has 0 bridgehead atoms. The third-order valence-electron chi connectivity index (χ3n) is 4.76. The van der Waals surface area contributed by atoms with E-state index in [9.17, 15) is 9.59 Å². The number of methoxy groups -OCH3 is 1. The van der Waals surface area contributed by atoms with Crippen LogP contribution in [0.5, 0.6) is 5.75 Å². The second kappa shape index (κ2) is 7.98. The van der Waals surface area contributed by atoms with Gasteiger partial charge in [0.2, 0.25) is 5.91 Å². The average Bonchev–Trinajstić information content (AvgIpc) is 3.38. The minimum atomic E-state index is -0.0631. The number of nitrogens with zero attached hydrogens (tertiary/aromatic N) is 3. The molecular weight excluding hydrogens is 382 g/mol. The number of thioether (sulfide) groups is 2. The molecule has 2 aliphatic heterocycles. The number of rotatable bonds is 5. The van der Waals surface area contributed by atoms with Gasteiger partial charge in [-0.15, -0.1) is 11.8 Å². The van der Waals surface area contributed by atoms with Gasteiger partial charge in [0.05, 0.1) is 29.1 Å². The molecule has 27 heavy (non-hydrogen) atoms. The maximum atomic E-state index is 13.1. The number of amides is 1. The second-order valence-electron chi connectivity index (χ2n) is 6.49. The zero-order chi connectivity index (χ0) is 18.8. The van der Waals surface area contributed by atoms with Gasteiger partial charge in [-0.3, -0.25) is 14.2 Å². The van der Waals surface area contributed by atoms with E-state index in [-0.39, 0.29) is 11.5 Å². The van der Waals surface area contributed by atoms with Gasteiger partial charge in [0.15, 0.2) is 5.16 Å². The van der Waals surface area contributed by atoms with Gasteiger partial charge in [-0.2, -0.15) is 0 Å². The van der Waals surface area contributed by atoms with Crippen molar-refractivity contribution in [3.8, 4) is 11.4 Å². The van der Waals surface area contributed by atoms with Crippen LogP contribution in [-0.4, -0.2) is 52.1 Å². The van der Waals surface area contributed by atoms with Crippen LogP contribution in [0, 0.1) is 0 Å². The Labute approximate surface area is 166 Å². The monoisotopic (exact) mass is 403 g/mol. The Morgan fingerprint density at radius 2 is 2.15 bits per heavy atom. The van der Waals surface area contributed by atoms with Gasteiger partial charge in [0.25, 0.3) is 5.56 Å². The molecule has 1 fully saturated rings. The fraction of sp³-hybridized carbons (Fsp3) is 0.421. The molecule has 0 N–H and O–H groups in total. The molecule has 1 aromatic heterocycles. The first kappa shape index (κ1) is 18.4. The molecule has 142 valence electrons. The fourth-order valence-corrected chi connectivity index (χ4v) is 5.31. The minimum Gasteiger partial charge on any atom is -0.497 e. The first-order valence-electron chi connectivity index (χ1n) is 9.01. The van der Waals surface area contributed by atoms with Crippen LogP contribution in [0.2, 0.25) is 0 Å². The number of likely N-dealkylation sites (tertiary alicyclic amines) is 1. The van der Waals surface area contributed by atoms with Crippen molar-refractivity contribution in [2.24, 2.45) is 0 Å². The zero-order valence-corrected chi connectivity index (χ0v) is 16.8. The molecule has 0 aliphatic carbocycles. The Hall–Kier alpha value is -1.93. The normalized spacial score (nSPS) is 15.8. The molecule has 2 aliphatic rings. The topological polar surface area (TPSA) is 64.4 Å². The van der Waals surface area contributed by atoms with E-state index >= 15 is 0 Å². The molecule has 0 radical (unpaired) electrons. The van der Waals surface area contributed by atoms with Gasteiger partial charge in [0, 0.05) is 31.3 Å². The lowest BCUT2D eigenvalue weighted by molar-refractivity contribution is -0.127. The minimum absolute atomic E-state index is 0.0631. The molecule has 8 heteroatoms. The van der Waals surface area contributed by atoms with Crippen molar-refractivity contribution in [2.75, 3.05) is 31.7 Å². The van der Waals surface area contributed by atoms with Crippen LogP contribution in [-0.2, 0) is 11.2 Å². The number of fused-ring (bicyclic) bond motifs is 1. The van der Waals surface area contributed by atoms with Gasteiger partial charge < -0.3 is 9.64 Å². The SMILES string of the molecule is COc1cccc(-n2c(SCC(=O)N3CCCC3)nc3c(c2=O)SCC3)c1. The maximum Gasteiger partial charge on any atom is 0.272 e. The van der Waals surface area contributed by atoms with E-state index < -0.39 is 0 Å². The Kier molecular flexibility index (Phi) is 5.45. The summed E-state index contributed by atoms with van der Waals surface area (Å²) >= 11 is 2.90. The highest BCUT2D eigenvalue weighted by Gasteiger charge is 2.24. The van der Waals surface area contributed by atoms with Gasteiger partial charge in [0.1, 0.15) is 5.75 Å². The van der Waals surface area contributed by atoms with E-state index in [0.717, 1.165) is 43.8 Å². The maximum absolute atomic E-state index is 13.1. The van der Waals surface area contributed by atoms with E-state index in [2.05, 4.69) is 0 Å². The molecule has 0 atom stereocenters.